The molecule has 0 saturated carbocycles. The molecule has 0 aliphatic heterocycles. The van der Waals surface area contributed by atoms with Crippen molar-refractivity contribution >= 4 is 11.6 Å². The fourth-order valence-corrected chi connectivity index (χ4v) is 0.249. The molecule has 0 rings (SSSR count). The monoisotopic (exact) mass is 190 g/mol. The van der Waals surface area contributed by atoms with Crippen LogP contribution in [0.4, 0.5) is 0 Å². The van der Waals surface area contributed by atoms with Crippen molar-refractivity contribution in [3.8, 4) is 0 Å². The number of Topliss-reactive ketones (excluding diaryl/α,β-unsaturated/α-hetero) is 2. The summed E-state index contributed by atoms with van der Waals surface area (Å²) in [5.74, 6) is -0.637. The van der Waals surface area contributed by atoms with Crippen LogP contribution in [0.2, 0.25) is 0 Å². The zero-order valence-electron chi connectivity index (χ0n) is 5.02. The number of hydrogen-bond donors (Lipinski definition) is 0. The van der Waals surface area contributed by atoms with Gasteiger partial charge < -0.3 is 0 Å². The van der Waals surface area contributed by atoms with Gasteiger partial charge in [-0.15, -0.1) is 0 Å². The fourth-order valence-electron chi connectivity index (χ4n) is 0.249. The van der Waals surface area contributed by atoms with E-state index in [-0.39, 0.29) is 37.8 Å². The van der Waals surface area contributed by atoms with E-state index in [0.29, 0.717) is 6.42 Å². The zero-order valence-corrected chi connectivity index (χ0v) is 7.48. The molecule has 0 spiro atoms. The molecule has 2 nitrogen and oxygen atoms in total. The number of ketones is 2. The Balaban J connectivity index is 0. The first kappa shape index (κ1) is 11.1. The van der Waals surface area contributed by atoms with Crippen LogP contribution in [0.15, 0.2) is 0 Å². The molecule has 0 unspecified atom stereocenters. The van der Waals surface area contributed by atoms with Crippen molar-refractivity contribution in [1.82, 2.24) is 0 Å². The normalized spacial score (nSPS) is 7.25. The molecule has 3 heteroatoms. The third kappa shape index (κ3) is 4.38. The Labute approximate surface area is 67.8 Å². The molecule has 0 aliphatic rings. The van der Waals surface area contributed by atoms with Crippen molar-refractivity contribution in [2.24, 2.45) is 0 Å². The van der Waals surface area contributed by atoms with Gasteiger partial charge in [-0.3, -0.25) is 9.59 Å². The second-order valence-electron chi connectivity index (χ2n) is 1.33. The van der Waals surface area contributed by atoms with Gasteiger partial charge in [0.15, 0.2) is 11.6 Å². The average Bonchev–Trinajstić information content (AvgIpc) is 1.65. The van der Waals surface area contributed by atoms with Gasteiger partial charge in [-0.25, -0.2) is 0 Å². The molecule has 44 valence electrons. The maximum absolute atomic E-state index is 10.2. The molecule has 8 heavy (non-hydrogen) atoms. The van der Waals surface area contributed by atoms with Crippen LogP contribution in [-0.2, 0) is 35.8 Å². The maximum atomic E-state index is 10.2. The molecular formula is C5H8O2Zr. The minimum Gasteiger partial charge on any atom is -0.291 e. The first-order valence-corrected chi connectivity index (χ1v) is 2.22. The fraction of sp³-hybridized carbons (Fsp3) is 0.600. The third-order valence-electron chi connectivity index (χ3n) is 0.714. The smallest absolute Gasteiger partial charge is 0.197 e. The molecule has 0 atom stereocenters. The van der Waals surface area contributed by atoms with Crippen LogP contribution >= 0.6 is 0 Å². The van der Waals surface area contributed by atoms with Gasteiger partial charge in [0.05, 0.1) is 0 Å². The molecule has 0 N–H and O–H groups in total. The number of rotatable bonds is 2. The predicted molar refractivity (Wildman–Crippen MR) is 26.0 cm³/mol. The summed E-state index contributed by atoms with van der Waals surface area (Å²) in [6, 6.07) is 0. The van der Waals surface area contributed by atoms with Gasteiger partial charge in [0.2, 0.25) is 0 Å². The van der Waals surface area contributed by atoms with Crippen LogP contribution in [0.25, 0.3) is 0 Å². The van der Waals surface area contributed by atoms with E-state index in [1.165, 1.54) is 6.92 Å². The van der Waals surface area contributed by atoms with Gasteiger partial charge in [0, 0.05) is 39.5 Å². The molecule has 0 aliphatic carbocycles. The van der Waals surface area contributed by atoms with E-state index in [9.17, 15) is 9.59 Å². The maximum Gasteiger partial charge on any atom is 0.197 e. The van der Waals surface area contributed by atoms with Gasteiger partial charge >= 0.3 is 0 Å². The molecule has 0 radical (unpaired) electrons. The van der Waals surface area contributed by atoms with Crippen molar-refractivity contribution in [3.05, 3.63) is 0 Å². The van der Waals surface area contributed by atoms with Crippen molar-refractivity contribution in [1.29, 1.82) is 0 Å². The van der Waals surface area contributed by atoms with Gasteiger partial charge in [-0.2, -0.15) is 0 Å². The number of carbonyl (C=O) groups excluding carboxylic acids is 2. The Morgan fingerprint density at radius 1 is 1.38 bits per heavy atom. The summed E-state index contributed by atoms with van der Waals surface area (Å²) in [6.45, 7) is 2.95. The Morgan fingerprint density at radius 2 is 1.75 bits per heavy atom. The Hall–Kier alpha value is 0.223. The van der Waals surface area contributed by atoms with Gasteiger partial charge in [-0.05, 0) is 0 Å². The Kier molecular flexibility index (Phi) is 7.42. The zero-order chi connectivity index (χ0) is 5.86. The molecule has 0 aromatic heterocycles. The van der Waals surface area contributed by atoms with Crippen LogP contribution < -0.4 is 0 Å². The molecular weight excluding hydrogens is 183 g/mol. The largest absolute Gasteiger partial charge is 0.291 e. The van der Waals surface area contributed by atoms with E-state index in [1.807, 2.05) is 0 Å². The van der Waals surface area contributed by atoms with Crippen LogP contribution in [-0.4, -0.2) is 11.6 Å². The van der Waals surface area contributed by atoms with Crippen LogP contribution in [0, 0.1) is 0 Å². The van der Waals surface area contributed by atoms with Gasteiger partial charge in [-0.1, -0.05) is 6.92 Å². The van der Waals surface area contributed by atoms with Crippen molar-refractivity contribution < 1.29 is 35.8 Å². The summed E-state index contributed by atoms with van der Waals surface area (Å²) in [4.78, 5) is 20.2. The van der Waals surface area contributed by atoms with Gasteiger partial charge in [0.1, 0.15) is 0 Å². The van der Waals surface area contributed by atoms with E-state index < -0.39 is 0 Å². The summed E-state index contributed by atoms with van der Waals surface area (Å²) in [6.07, 6.45) is 0.329. The molecule has 0 fully saturated rings. The van der Waals surface area contributed by atoms with Crippen molar-refractivity contribution in [2.75, 3.05) is 0 Å². The standard InChI is InChI=1S/C5H8O2.Zr/c1-3-5(7)4(2)6;/h3H2,1-2H3;. The Bertz CT molecular complexity index is 98.6. The molecule has 0 amide bonds. The summed E-state index contributed by atoms with van der Waals surface area (Å²) in [5.41, 5.74) is 0. The summed E-state index contributed by atoms with van der Waals surface area (Å²) >= 11 is 0. The molecule has 0 aromatic carbocycles. The van der Waals surface area contributed by atoms with Crippen LogP contribution in [0.3, 0.4) is 0 Å². The molecule has 0 aromatic rings. The van der Waals surface area contributed by atoms with Crippen LogP contribution in [0.1, 0.15) is 20.3 Å². The van der Waals surface area contributed by atoms with Crippen molar-refractivity contribution in [3.63, 3.8) is 0 Å². The van der Waals surface area contributed by atoms with Crippen molar-refractivity contribution in [2.45, 2.75) is 20.3 Å². The molecule has 0 bridgehead atoms. The molecule has 0 saturated heterocycles. The minimum atomic E-state index is -0.345. The second kappa shape index (κ2) is 5.36. The predicted octanol–water partition coefficient (Wildman–Crippen LogP) is 0.552. The Morgan fingerprint density at radius 3 is 1.75 bits per heavy atom. The van der Waals surface area contributed by atoms with E-state index >= 15 is 0 Å². The third-order valence-corrected chi connectivity index (χ3v) is 0.714. The first-order valence-electron chi connectivity index (χ1n) is 2.22. The van der Waals surface area contributed by atoms with E-state index in [0.717, 1.165) is 0 Å². The summed E-state index contributed by atoms with van der Waals surface area (Å²) in [5, 5.41) is 0. The van der Waals surface area contributed by atoms with E-state index in [4.69, 9.17) is 0 Å². The summed E-state index contributed by atoms with van der Waals surface area (Å²) in [7, 11) is 0. The number of carbonyl (C=O) groups is 2. The molecule has 0 heterocycles. The SMILES string of the molecule is CCC(=O)C(C)=O.[Zr]. The van der Waals surface area contributed by atoms with E-state index in [1.54, 1.807) is 6.92 Å². The van der Waals surface area contributed by atoms with Crippen LogP contribution in [0.5, 0.6) is 0 Å². The first-order chi connectivity index (χ1) is 3.18. The second-order valence-corrected chi connectivity index (χ2v) is 1.33. The van der Waals surface area contributed by atoms with E-state index in [2.05, 4.69) is 0 Å². The average molecular weight is 191 g/mol. The van der Waals surface area contributed by atoms with Gasteiger partial charge in [0.25, 0.3) is 0 Å². The summed E-state index contributed by atoms with van der Waals surface area (Å²) < 4.78 is 0. The quantitative estimate of drug-likeness (QED) is 0.597. The topological polar surface area (TPSA) is 34.1 Å². The minimum absolute atomic E-state index is 0. The number of hydrogen-bond acceptors (Lipinski definition) is 2.